The highest BCUT2D eigenvalue weighted by molar-refractivity contribution is 5.62. The summed E-state index contributed by atoms with van der Waals surface area (Å²) in [5, 5.41) is 2.87. The molecule has 4 heteroatoms. The minimum absolute atomic E-state index is 0.105. The van der Waals surface area contributed by atoms with Crippen molar-refractivity contribution < 1.29 is 13.2 Å². The highest BCUT2D eigenvalue weighted by atomic mass is 19.2. The maximum absolute atomic E-state index is 13.3. The highest BCUT2D eigenvalue weighted by Gasteiger charge is 2.15. The van der Waals surface area contributed by atoms with Crippen LogP contribution in [0, 0.1) is 22.9 Å². The third kappa shape index (κ3) is 6.15. The summed E-state index contributed by atoms with van der Waals surface area (Å²) in [5.41, 5.74) is 3.00. The third-order valence-corrected chi connectivity index (χ3v) is 4.54. The van der Waals surface area contributed by atoms with Gasteiger partial charge < -0.3 is 5.32 Å². The van der Waals surface area contributed by atoms with Gasteiger partial charge >= 0.3 is 0 Å². The Labute approximate surface area is 165 Å². The molecule has 2 aromatic carbocycles. The number of hydrogen-bond donors (Lipinski definition) is 1. The first-order valence-corrected chi connectivity index (χ1v) is 9.20. The highest BCUT2D eigenvalue weighted by Crippen LogP contribution is 2.28. The number of rotatable bonds is 8. The Morgan fingerprint density at radius 3 is 2.18 bits per heavy atom. The van der Waals surface area contributed by atoms with E-state index in [1.165, 1.54) is 5.57 Å². The van der Waals surface area contributed by atoms with Gasteiger partial charge in [0.2, 0.25) is 0 Å². The molecule has 1 atom stereocenters. The Hall–Kier alpha value is -2.75. The van der Waals surface area contributed by atoms with Crippen LogP contribution in [0.1, 0.15) is 39.2 Å². The molecule has 1 N–H and O–H groups in total. The molecule has 2 aromatic rings. The molecule has 0 aromatic heterocycles. The van der Waals surface area contributed by atoms with Crippen molar-refractivity contribution in [3.63, 3.8) is 0 Å². The van der Waals surface area contributed by atoms with Crippen molar-refractivity contribution in [2.75, 3.05) is 5.32 Å². The van der Waals surface area contributed by atoms with E-state index in [2.05, 4.69) is 44.8 Å². The zero-order valence-corrected chi connectivity index (χ0v) is 16.5. The van der Waals surface area contributed by atoms with E-state index in [1.54, 1.807) is 12.1 Å². The molecule has 0 aliphatic heterocycles. The van der Waals surface area contributed by atoms with Crippen molar-refractivity contribution in [3.8, 4) is 0 Å². The van der Waals surface area contributed by atoms with E-state index < -0.39 is 17.5 Å². The number of nitrogens with one attached hydrogen (secondary N) is 1. The van der Waals surface area contributed by atoms with Crippen molar-refractivity contribution in [3.05, 3.63) is 89.8 Å². The lowest BCUT2D eigenvalue weighted by Gasteiger charge is -2.20. The molecule has 0 aliphatic rings. The van der Waals surface area contributed by atoms with Crippen LogP contribution in [0.25, 0.3) is 6.08 Å². The largest absolute Gasteiger partial charge is 0.355 e. The van der Waals surface area contributed by atoms with Gasteiger partial charge in [0, 0.05) is 28.9 Å². The molecule has 0 heterocycles. The molecular weight excluding hydrogens is 359 g/mol. The summed E-state index contributed by atoms with van der Waals surface area (Å²) in [5.74, 6) is -3.92. The third-order valence-electron chi connectivity index (χ3n) is 4.54. The second kappa shape index (κ2) is 9.45. The number of anilines is 2. The average molecular weight is 385 g/mol. The van der Waals surface area contributed by atoms with E-state index in [4.69, 9.17) is 0 Å². The summed E-state index contributed by atoms with van der Waals surface area (Å²) < 4.78 is 39.7. The number of halogens is 3. The molecule has 148 valence electrons. The SMILES string of the molecule is C=C[C@@](C)(/C=C/c1ccc(Nc2cc(F)c(F)c(F)c2)cc1)CCC=C(C)C. The fourth-order valence-electron chi connectivity index (χ4n) is 2.68. The van der Waals surface area contributed by atoms with E-state index in [1.807, 2.05) is 24.3 Å². The van der Waals surface area contributed by atoms with Gasteiger partial charge in [0.25, 0.3) is 0 Å². The van der Waals surface area contributed by atoms with Crippen molar-refractivity contribution in [1.29, 1.82) is 0 Å². The summed E-state index contributed by atoms with van der Waals surface area (Å²) in [6, 6.07) is 9.24. The summed E-state index contributed by atoms with van der Waals surface area (Å²) in [6.07, 6.45) is 10.3. The summed E-state index contributed by atoms with van der Waals surface area (Å²) >= 11 is 0. The maximum atomic E-state index is 13.3. The fourth-order valence-corrected chi connectivity index (χ4v) is 2.68. The van der Waals surface area contributed by atoms with Crippen LogP contribution >= 0.6 is 0 Å². The van der Waals surface area contributed by atoms with Gasteiger partial charge in [0.1, 0.15) is 0 Å². The Morgan fingerprint density at radius 1 is 1.04 bits per heavy atom. The second-order valence-corrected chi connectivity index (χ2v) is 7.36. The lowest BCUT2D eigenvalue weighted by molar-refractivity contribution is 0.448. The number of allylic oxidation sites excluding steroid dienone is 4. The Bertz CT molecular complexity index is 854. The molecule has 0 saturated heterocycles. The average Bonchev–Trinajstić information content (AvgIpc) is 2.65. The van der Waals surface area contributed by atoms with Crippen LogP contribution in [0.4, 0.5) is 24.5 Å². The summed E-state index contributed by atoms with van der Waals surface area (Å²) in [4.78, 5) is 0. The van der Waals surface area contributed by atoms with Crippen molar-refractivity contribution >= 4 is 17.5 Å². The van der Waals surface area contributed by atoms with Crippen LogP contribution < -0.4 is 5.32 Å². The van der Waals surface area contributed by atoms with Crippen molar-refractivity contribution in [2.24, 2.45) is 5.41 Å². The fraction of sp³-hybridized carbons (Fsp3) is 0.250. The van der Waals surface area contributed by atoms with Gasteiger partial charge in [-0.05, 0) is 44.4 Å². The molecule has 0 fully saturated rings. The lowest BCUT2D eigenvalue weighted by Crippen LogP contribution is -2.08. The van der Waals surface area contributed by atoms with E-state index in [0.29, 0.717) is 5.69 Å². The van der Waals surface area contributed by atoms with Crippen LogP contribution in [0.15, 0.2) is 66.8 Å². The van der Waals surface area contributed by atoms with Gasteiger partial charge in [0.05, 0.1) is 0 Å². The molecule has 0 unspecified atom stereocenters. The molecule has 2 rings (SSSR count). The van der Waals surface area contributed by atoms with Crippen LogP contribution in [0.3, 0.4) is 0 Å². The van der Waals surface area contributed by atoms with Crippen molar-refractivity contribution in [2.45, 2.75) is 33.6 Å². The zero-order chi connectivity index (χ0) is 20.7. The minimum atomic E-state index is -1.47. The lowest BCUT2D eigenvalue weighted by atomic mass is 9.84. The molecule has 1 nitrogen and oxygen atoms in total. The first-order valence-electron chi connectivity index (χ1n) is 9.20. The molecule has 28 heavy (non-hydrogen) atoms. The monoisotopic (exact) mass is 385 g/mol. The van der Waals surface area contributed by atoms with Crippen LogP contribution in [-0.4, -0.2) is 0 Å². The molecule has 0 radical (unpaired) electrons. The van der Waals surface area contributed by atoms with Gasteiger partial charge in [0.15, 0.2) is 17.5 Å². The molecule has 0 spiro atoms. The standard InChI is InChI=1S/C24H26F3N/c1-5-24(4,13-6-7-17(2)3)14-12-18-8-10-19(11-9-18)28-20-15-21(25)23(27)22(26)16-20/h5,7-12,14-16,28H,1,6,13H2,2-4H3/b14-12+/t24-/m1/s1. The van der Waals surface area contributed by atoms with Gasteiger partial charge in [-0.3, -0.25) is 0 Å². The molecule has 0 bridgehead atoms. The second-order valence-electron chi connectivity index (χ2n) is 7.36. The summed E-state index contributed by atoms with van der Waals surface area (Å²) in [6.45, 7) is 10.3. The smallest absolute Gasteiger partial charge is 0.194 e. The Balaban J connectivity index is 2.06. The zero-order valence-electron chi connectivity index (χ0n) is 16.5. The van der Waals surface area contributed by atoms with Crippen LogP contribution in [0.2, 0.25) is 0 Å². The van der Waals surface area contributed by atoms with Gasteiger partial charge in [-0.1, -0.05) is 48.9 Å². The molecule has 0 aliphatic carbocycles. The number of hydrogen-bond acceptors (Lipinski definition) is 1. The maximum Gasteiger partial charge on any atom is 0.194 e. The molecule has 0 amide bonds. The topological polar surface area (TPSA) is 12.0 Å². The Morgan fingerprint density at radius 2 is 1.64 bits per heavy atom. The minimum Gasteiger partial charge on any atom is -0.355 e. The van der Waals surface area contributed by atoms with Gasteiger partial charge in [-0.25, -0.2) is 13.2 Å². The first kappa shape index (κ1) is 21.5. The summed E-state index contributed by atoms with van der Waals surface area (Å²) in [7, 11) is 0. The molecule has 0 saturated carbocycles. The van der Waals surface area contributed by atoms with Crippen LogP contribution in [-0.2, 0) is 0 Å². The van der Waals surface area contributed by atoms with E-state index in [0.717, 1.165) is 30.5 Å². The van der Waals surface area contributed by atoms with E-state index in [-0.39, 0.29) is 11.1 Å². The Kier molecular flexibility index (Phi) is 7.27. The van der Waals surface area contributed by atoms with E-state index >= 15 is 0 Å². The van der Waals surface area contributed by atoms with E-state index in [9.17, 15) is 13.2 Å². The first-order chi connectivity index (χ1) is 13.2. The predicted octanol–water partition coefficient (Wildman–Crippen LogP) is 7.80. The quantitative estimate of drug-likeness (QED) is 0.361. The van der Waals surface area contributed by atoms with Crippen molar-refractivity contribution in [1.82, 2.24) is 0 Å². The van der Waals surface area contributed by atoms with Crippen LogP contribution in [0.5, 0.6) is 0 Å². The predicted molar refractivity (Wildman–Crippen MR) is 112 cm³/mol. The normalized spacial score (nSPS) is 13.2. The van der Waals surface area contributed by atoms with Gasteiger partial charge in [-0.15, -0.1) is 6.58 Å². The number of benzene rings is 2. The molecular formula is C24H26F3N. The van der Waals surface area contributed by atoms with Gasteiger partial charge in [-0.2, -0.15) is 0 Å².